The molecule has 0 fully saturated rings. The summed E-state index contributed by atoms with van der Waals surface area (Å²) in [6, 6.07) is 17.7. The lowest BCUT2D eigenvalue weighted by Gasteiger charge is -2.10. The highest BCUT2D eigenvalue weighted by molar-refractivity contribution is 14.2. The van der Waals surface area contributed by atoms with Crippen LogP contribution in [-0.2, 0) is 4.79 Å². The summed E-state index contributed by atoms with van der Waals surface area (Å²) in [5.41, 5.74) is 4.24. The summed E-state index contributed by atoms with van der Waals surface area (Å²) in [4.78, 5) is 24.6. The number of anilines is 2. The first-order chi connectivity index (χ1) is 18.5. The summed E-state index contributed by atoms with van der Waals surface area (Å²) < 4.78 is 7.83. The summed E-state index contributed by atoms with van der Waals surface area (Å²) in [6.45, 7) is 4.97. The Kier molecular flexibility index (Phi) is 12.7. The van der Waals surface area contributed by atoms with E-state index < -0.39 is 5.97 Å². The standard InChI is InChI=1S/C24H25IN5O3P.C4H10/c25-34-30-16-26-22-21(17-8-4-3-5-9-17)28-24(29-23(22)30)27-18-11-13-19(14-12-18)33-15-7-2-1-6-10-20(31)32;1-3-4-2/h3-5,8-9,11-14,16,34H,1-2,6-7,10,15H2,(H,31,32)(H,27,28,29);3-4H2,1-2H3. The highest BCUT2D eigenvalue weighted by Gasteiger charge is 2.15. The van der Waals surface area contributed by atoms with Crippen molar-refractivity contribution in [1.29, 1.82) is 0 Å². The highest BCUT2D eigenvalue weighted by Crippen LogP contribution is 2.33. The van der Waals surface area contributed by atoms with Gasteiger partial charge in [0.05, 0.1) is 13.0 Å². The number of carboxylic acids is 1. The molecule has 0 aliphatic heterocycles. The van der Waals surface area contributed by atoms with Gasteiger partial charge in [-0.15, -0.1) is 0 Å². The molecule has 0 amide bonds. The molecule has 1 atom stereocenters. The average Bonchev–Trinajstić information content (AvgIpc) is 3.36. The van der Waals surface area contributed by atoms with Crippen LogP contribution >= 0.6 is 28.4 Å². The molecule has 38 heavy (non-hydrogen) atoms. The number of halogens is 1. The van der Waals surface area contributed by atoms with Gasteiger partial charge in [-0.05, 0) is 59.1 Å². The Balaban J connectivity index is 0.000000934. The summed E-state index contributed by atoms with van der Waals surface area (Å²) in [5.74, 6) is 0.571. The van der Waals surface area contributed by atoms with Crippen molar-refractivity contribution in [1.82, 2.24) is 19.3 Å². The third-order valence-electron chi connectivity index (χ3n) is 5.70. The third-order valence-corrected chi connectivity index (χ3v) is 7.77. The maximum absolute atomic E-state index is 10.5. The fourth-order valence-electron chi connectivity index (χ4n) is 3.50. The fourth-order valence-corrected chi connectivity index (χ4v) is 4.90. The maximum atomic E-state index is 10.5. The zero-order chi connectivity index (χ0) is 27.2. The number of carboxylic acid groups (broad SMARTS) is 1. The Hall–Kier alpha value is -2.78. The Bertz CT molecular complexity index is 1270. The first-order valence-electron chi connectivity index (χ1n) is 12.9. The predicted molar refractivity (Wildman–Crippen MR) is 165 cm³/mol. The summed E-state index contributed by atoms with van der Waals surface area (Å²) >= 11 is 2.32. The molecule has 10 heteroatoms. The highest BCUT2D eigenvalue weighted by atomic mass is 127. The minimum Gasteiger partial charge on any atom is -0.494 e. The number of aromatic nitrogens is 4. The van der Waals surface area contributed by atoms with Crippen LogP contribution in [0.2, 0.25) is 0 Å². The smallest absolute Gasteiger partial charge is 0.303 e. The maximum Gasteiger partial charge on any atom is 0.303 e. The number of rotatable bonds is 13. The van der Waals surface area contributed by atoms with Gasteiger partial charge < -0.3 is 15.2 Å². The Morgan fingerprint density at radius 1 is 1.00 bits per heavy atom. The number of fused-ring (bicyclic) bond motifs is 1. The molecule has 0 spiro atoms. The van der Waals surface area contributed by atoms with Crippen LogP contribution < -0.4 is 10.1 Å². The minimum atomic E-state index is -0.734. The van der Waals surface area contributed by atoms with E-state index in [-0.39, 0.29) is 6.42 Å². The number of nitrogens with one attached hydrogen (secondary N) is 1. The van der Waals surface area contributed by atoms with Gasteiger partial charge in [-0.25, -0.2) is 9.97 Å². The van der Waals surface area contributed by atoms with E-state index in [2.05, 4.69) is 46.2 Å². The third kappa shape index (κ3) is 9.20. The molecule has 0 aliphatic carbocycles. The number of unbranched alkanes of at least 4 members (excludes halogenated alkanes) is 4. The molecule has 4 rings (SSSR count). The Morgan fingerprint density at radius 3 is 2.37 bits per heavy atom. The Labute approximate surface area is 239 Å². The topological polar surface area (TPSA) is 102 Å². The predicted octanol–water partition coefficient (Wildman–Crippen LogP) is 8.25. The number of carbonyl (C=O) groups is 1. The average molecular weight is 647 g/mol. The van der Waals surface area contributed by atoms with Gasteiger partial charge in [-0.2, -0.15) is 4.98 Å². The lowest BCUT2D eigenvalue weighted by atomic mass is 10.1. The van der Waals surface area contributed by atoms with Crippen molar-refractivity contribution in [2.24, 2.45) is 0 Å². The van der Waals surface area contributed by atoms with Crippen LogP contribution in [0, 0.1) is 0 Å². The molecule has 2 N–H and O–H groups in total. The van der Waals surface area contributed by atoms with Gasteiger partial charge in [-0.1, -0.05) is 69.9 Å². The van der Waals surface area contributed by atoms with Gasteiger partial charge in [0.25, 0.3) is 0 Å². The van der Waals surface area contributed by atoms with Crippen LogP contribution in [0.3, 0.4) is 0 Å². The van der Waals surface area contributed by atoms with E-state index in [1.807, 2.05) is 58.9 Å². The van der Waals surface area contributed by atoms with Gasteiger partial charge in [-0.3, -0.25) is 9.13 Å². The number of hydrogen-bond acceptors (Lipinski definition) is 6. The summed E-state index contributed by atoms with van der Waals surface area (Å²) in [5, 5.41) is 12.0. The van der Waals surface area contributed by atoms with Crippen molar-refractivity contribution >= 4 is 57.2 Å². The molecular weight excluding hydrogens is 612 g/mol. The van der Waals surface area contributed by atoms with Crippen LogP contribution in [0.5, 0.6) is 5.75 Å². The zero-order valence-corrected chi connectivity index (χ0v) is 25.0. The lowest BCUT2D eigenvalue weighted by Crippen LogP contribution is -2.01. The van der Waals surface area contributed by atoms with E-state index in [9.17, 15) is 4.79 Å². The van der Waals surface area contributed by atoms with E-state index in [0.29, 0.717) is 25.3 Å². The molecule has 8 nitrogen and oxygen atoms in total. The van der Waals surface area contributed by atoms with Gasteiger partial charge >= 0.3 is 5.97 Å². The molecule has 2 heterocycles. The molecular formula is C28H35IN5O3P. The van der Waals surface area contributed by atoms with Crippen molar-refractivity contribution in [3.63, 3.8) is 0 Å². The second kappa shape index (κ2) is 16.2. The van der Waals surface area contributed by atoms with Crippen LogP contribution in [-0.4, -0.2) is 37.0 Å². The van der Waals surface area contributed by atoms with Crippen molar-refractivity contribution < 1.29 is 14.6 Å². The van der Waals surface area contributed by atoms with Gasteiger partial charge in [0.1, 0.15) is 23.3 Å². The minimum absolute atomic E-state index is 0.236. The molecule has 2 aromatic heterocycles. The zero-order valence-electron chi connectivity index (χ0n) is 21.9. The summed E-state index contributed by atoms with van der Waals surface area (Å²) in [7, 11) is 0. The first kappa shape index (κ1) is 29.8. The van der Waals surface area contributed by atoms with Gasteiger partial charge in [0.15, 0.2) is 5.65 Å². The van der Waals surface area contributed by atoms with E-state index in [1.165, 1.54) is 12.8 Å². The van der Waals surface area contributed by atoms with E-state index >= 15 is 0 Å². The molecule has 4 aromatic rings. The number of benzene rings is 2. The van der Waals surface area contributed by atoms with Crippen LogP contribution in [0.15, 0.2) is 60.9 Å². The number of ether oxygens (including phenoxy) is 1. The molecule has 0 saturated heterocycles. The largest absolute Gasteiger partial charge is 0.494 e. The quantitative estimate of drug-likeness (QED) is 0.0856. The van der Waals surface area contributed by atoms with E-state index in [4.69, 9.17) is 19.8 Å². The van der Waals surface area contributed by atoms with E-state index in [0.717, 1.165) is 53.1 Å². The Morgan fingerprint density at radius 2 is 1.71 bits per heavy atom. The number of imidazole rings is 1. The lowest BCUT2D eigenvalue weighted by molar-refractivity contribution is -0.137. The summed E-state index contributed by atoms with van der Waals surface area (Å²) in [6.07, 6.45) is 8.66. The van der Waals surface area contributed by atoms with Crippen molar-refractivity contribution in [3.05, 3.63) is 60.9 Å². The molecule has 202 valence electrons. The number of hydrogen-bond donors (Lipinski definition) is 2. The van der Waals surface area contributed by atoms with Crippen molar-refractivity contribution in [2.75, 3.05) is 11.9 Å². The van der Waals surface area contributed by atoms with Crippen molar-refractivity contribution in [2.45, 2.75) is 58.8 Å². The van der Waals surface area contributed by atoms with E-state index in [1.54, 1.807) is 6.33 Å². The molecule has 0 aliphatic rings. The molecule has 0 bridgehead atoms. The fraction of sp³-hybridized carbons (Fsp3) is 0.357. The van der Waals surface area contributed by atoms with Crippen LogP contribution in [0.4, 0.5) is 11.6 Å². The van der Waals surface area contributed by atoms with Crippen LogP contribution in [0.25, 0.3) is 22.4 Å². The van der Waals surface area contributed by atoms with Gasteiger partial charge in [0, 0.05) is 17.7 Å². The van der Waals surface area contributed by atoms with Gasteiger partial charge in [0.2, 0.25) is 5.95 Å². The first-order valence-corrected chi connectivity index (χ1v) is 17.0. The number of nitrogens with zero attached hydrogens (tertiary/aromatic N) is 4. The second-order valence-corrected chi connectivity index (χ2v) is 10.8. The van der Waals surface area contributed by atoms with Crippen molar-refractivity contribution in [3.8, 4) is 17.0 Å². The normalized spacial score (nSPS) is 10.9. The molecule has 0 radical (unpaired) electrons. The van der Waals surface area contributed by atoms with Crippen LogP contribution in [0.1, 0.15) is 58.8 Å². The number of aliphatic carboxylic acids is 1. The molecule has 2 aromatic carbocycles. The monoisotopic (exact) mass is 647 g/mol. The molecule has 0 saturated carbocycles. The molecule has 1 unspecified atom stereocenters. The SMILES string of the molecule is CCCC.O=C(O)CCCCCCOc1ccc(Nc2nc(-c3ccccc3)c3ncn(PI)c3n2)cc1. The second-order valence-electron chi connectivity index (χ2n) is 8.69.